The highest BCUT2D eigenvalue weighted by Gasteiger charge is 2.26. The Bertz CT molecular complexity index is 815. The Morgan fingerprint density at radius 1 is 0.969 bits per heavy atom. The van der Waals surface area contributed by atoms with Crippen molar-refractivity contribution in [1.82, 2.24) is 25.6 Å². The highest BCUT2D eigenvalue weighted by Crippen LogP contribution is 2.03. The van der Waals surface area contributed by atoms with Crippen molar-refractivity contribution in [2.24, 2.45) is 0 Å². The van der Waals surface area contributed by atoms with Gasteiger partial charge in [-0.2, -0.15) is 0 Å². The van der Waals surface area contributed by atoms with Crippen LogP contribution in [-0.2, 0) is 36.9 Å². The molecule has 0 fully saturated rings. The van der Waals surface area contributed by atoms with Crippen LogP contribution in [0.2, 0.25) is 0 Å². The Morgan fingerprint density at radius 2 is 1.62 bits per heavy atom. The molecule has 1 aromatic rings. The van der Waals surface area contributed by atoms with Gasteiger partial charge in [0.2, 0.25) is 11.8 Å². The van der Waals surface area contributed by atoms with Crippen molar-refractivity contribution in [3.8, 4) is 0 Å². The molecule has 0 aliphatic heterocycles. The summed E-state index contributed by atoms with van der Waals surface area (Å²) in [6.07, 6.45) is 1.03. The summed E-state index contributed by atoms with van der Waals surface area (Å²) in [6.45, 7) is -0.146. The molecule has 0 aliphatic rings. The smallest absolute Gasteiger partial charge is 0.326 e. The van der Waals surface area contributed by atoms with E-state index in [1.54, 1.807) is 6.20 Å². The van der Waals surface area contributed by atoms with Crippen LogP contribution in [-0.4, -0.2) is 78.8 Å². The van der Waals surface area contributed by atoms with Crippen molar-refractivity contribution in [2.75, 3.05) is 6.67 Å². The van der Waals surface area contributed by atoms with E-state index >= 15 is 0 Å². The van der Waals surface area contributed by atoms with Crippen molar-refractivity contribution >= 4 is 29.7 Å². The summed E-state index contributed by atoms with van der Waals surface area (Å²) in [5.41, 5.74) is 0.618. The normalized spacial score (nSPS) is 12.5. The molecule has 13 nitrogen and oxygen atoms in total. The van der Waals surface area contributed by atoms with Gasteiger partial charge in [0.1, 0.15) is 12.1 Å². The summed E-state index contributed by atoms with van der Waals surface area (Å²) in [5, 5.41) is 38.8. The lowest BCUT2D eigenvalue weighted by Gasteiger charge is -2.17. The van der Waals surface area contributed by atoms with Crippen LogP contribution in [0, 0.1) is 0 Å². The number of nitrogens with zero attached hydrogens (tertiary/aromatic N) is 3. The molecule has 0 bridgehead atoms. The minimum Gasteiger partial charge on any atom is -0.481 e. The largest absolute Gasteiger partial charge is 0.481 e. The van der Waals surface area contributed by atoms with E-state index in [1.807, 2.05) is 0 Å². The maximum atomic E-state index is 12.2. The molecule has 1 heterocycles. The third-order valence-corrected chi connectivity index (χ3v) is 4.25. The number of carbonyl (C=O) groups excluding carboxylic acids is 2. The molecule has 178 valence electrons. The maximum absolute atomic E-state index is 12.2. The third-order valence-electron chi connectivity index (χ3n) is 4.25. The predicted octanol–water partition coefficient (Wildman–Crippen LogP) is -0.646. The number of carboxylic acid groups (broad SMARTS) is 3. The second kappa shape index (κ2) is 13.7. The van der Waals surface area contributed by atoms with Gasteiger partial charge in [0.15, 0.2) is 0 Å². The molecule has 0 saturated carbocycles. The topological polar surface area (TPSA) is 201 Å². The van der Waals surface area contributed by atoms with Crippen molar-refractivity contribution in [1.29, 1.82) is 0 Å². The van der Waals surface area contributed by atoms with Gasteiger partial charge in [-0.15, -0.1) is 5.10 Å². The number of aryl methyl sites for hydroxylation is 2. The lowest BCUT2D eigenvalue weighted by Crippen LogP contribution is -2.47. The third kappa shape index (κ3) is 10.4. The van der Waals surface area contributed by atoms with Gasteiger partial charge in [0.25, 0.3) is 0 Å². The molecular formula is C18H26FN5O8. The van der Waals surface area contributed by atoms with Crippen LogP contribution in [0.3, 0.4) is 0 Å². The van der Waals surface area contributed by atoms with Crippen LogP contribution < -0.4 is 10.6 Å². The second-order valence-corrected chi connectivity index (χ2v) is 6.92. The molecule has 2 amide bonds. The number of aliphatic carboxylic acids is 3. The first-order valence-corrected chi connectivity index (χ1v) is 9.83. The average molecular weight is 459 g/mol. The molecule has 0 radical (unpaired) electrons. The van der Waals surface area contributed by atoms with E-state index in [1.165, 1.54) is 4.68 Å². The number of alkyl halides is 1. The summed E-state index contributed by atoms with van der Waals surface area (Å²) in [5.74, 6) is -5.79. The van der Waals surface area contributed by atoms with E-state index in [4.69, 9.17) is 10.2 Å². The molecule has 2 atom stereocenters. The summed E-state index contributed by atoms with van der Waals surface area (Å²) >= 11 is 0. The van der Waals surface area contributed by atoms with Gasteiger partial charge >= 0.3 is 17.9 Å². The summed E-state index contributed by atoms with van der Waals surface area (Å²) in [6, 6.07) is -3.09. The first-order chi connectivity index (χ1) is 15.1. The fraction of sp³-hybridized carbons (Fsp3) is 0.611. The van der Waals surface area contributed by atoms with E-state index in [0.29, 0.717) is 31.5 Å². The summed E-state index contributed by atoms with van der Waals surface area (Å²) in [4.78, 5) is 57.1. The van der Waals surface area contributed by atoms with Crippen LogP contribution in [0.5, 0.6) is 0 Å². The number of amides is 2. The molecule has 0 saturated heterocycles. The number of carbonyl (C=O) groups is 5. The van der Waals surface area contributed by atoms with E-state index < -0.39 is 61.3 Å². The van der Waals surface area contributed by atoms with E-state index in [2.05, 4.69) is 20.9 Å². The zero-order valence-corrected chi connectivity index (χ0v) is 17.2. The zero-order valence-electron chi connectivity index (χ0n) is 17.2. The molecule has 0 unspecified atom stereocenters. The van der Waals surface area contributed by atoms with Crippen molar-refractivity contribution in [3.63, 3.8) is 0 Å². The Kier molecular flexibility index (Phi) is 11.3. The van der Waals surface area contributed by atoms with Crippen LogP contribution in [0.15, 0.2) is 6.20 Å². The molecule has 1 aromatic heterocycles. The number of aromatic nitrogens is 3. The summed E-state index contributed by atoms with van der Waals surface area (Å²) in [7, 11) is 0. The van der Waals surface area contributed by atoms with Crippen LogP contribution in [0.25, 0.3) is 0 Å². The first kappa shape index (κ1) is 26.5. The van der Waals surface area contributed by atoms with Gasteiger partial charge in [-0.3, -0.25) is 23.5 Å². The SMILES string of the molecule is O=C(O)CC[C@H](NC(=O)C[C@@H](NC(=O)CCCn1cc(CCCF)nn1)C(=O)O)C(=O)O. The van der Waals surface area contributed by atoms with Crippen molar-refractivity contribution < 1.29 is 43.7 Å². The highest BCUT2D eigenvalue weighted by molar-refractivity contribution is 5.90. The predicted molar refractivity (Wildman–Crippen MR) is 104 cm³/mol. The van der Waals surface area contributed by atoms with Gasteiger partial charge in [-0.1, -0.05) is 5.21 Å². The monoisotopic (exact) mass is 459 g/mol. The lowest BCUT2D eigenvalue weighted by molar-refractivity contribution is -0.145. The van der Waals surface area contributed by atoms with E-state index in [9.17, 15) is 33.5 Å². The number of rotatable bonds is 16. The number of nitrogens with one attached hydrogen (secondary N) is 2. The van der Waals surface area contributed by atoms with Gasteiger partial charge < -0.3 is 26.0 Å². The quantitative estimate of drug-likeness (QED) is 0.211. The number of hydrogen-bond donors (Lipinski definition) is 5. The van der Waals surface area contributed by atoms with Crippen LogP contribution in [0.4, 0.5) is 4.39 Å². The standard InChI is InChI=1S/C18H26FN5O8/c19-7-1-3-11-10-24(23-22-11)8-2-4-14(25)21-13(18(31)32)9-15(26)20-12(17(29)30)5-6-16(27)28/h10,12-13H,1-9H2,(H,20,26)(H,21,25)(H,27,28)(H,29,30)(H,31,32)/t12-,13+/m0/s1. The van der Waals surface area contributed by atoms with Crippen molar-refractivity contribution in [3.05, 3.63) is 11.9 Å². The first-order valence-electron chi connectivity index (χ1n) is 9.83. The minimum absolute atomic E-state index is 0.0680. The van der Waals surface area contributed by atoms with Gasteiger partial charge in [0.05, 0.1) is 18.8 Å². The second-order valence-electron chi connectivity index (χ2n) is 6.92. The molecule has 0 spiro atoms. The minimum atomic E-state index is -1.59. The van der Waals surface area contributed by atoms with E-state index in [0.717, 1.165) is 0 Å². The Balaban J connectivity index is 2.48. The number of hydrogen-bond acceptors (Lipinski definition) is 7. The lowest BCUT2D eigenvalue weighted by atomic mass is 10.1. The average Bonchev–Trinajstić information content (AvgIpc) is 3.16. The van der Waals surface area contributed by atoms with Gasteiger partial charge in [0, 0.05) is 25.6 Å². The van der Waals surface area contributed by atoms with Crippen LogP contribution >= 0.6 is 0 Å². The van der Waals surface area contributed by atoms with Gasteiger partial charge in [-0.25, -0.2) is 9.59 Å². The van der Waals surface area contributed by atoms with Crippen LogP contribution in [0.1, 0.15) is 44.2 Å². The maximum Gasteiger partial charge on any atom is 0.326 e. The molecule has 14 heteroatoms. The molecular weight excluding hydrogens is 433 g/mol. The molecule has 5 N–H and O–H groups in total. The highest BCUT2D eigenvalue weighted by atomic mass is 19.1. The molecule has 1 rings (SSSR count). The fourth-order valence-corrected chi connectivity index (χ4v) is 2.64. The zero-order chi connectivity index (χ0) is 24.1. The number of carboxylic acids is 3. The molecule has 0 aliphatic carbocycles. The molecule has 32 heavy (non-hydrogen) atoms. The Morgan fingerprint density at radius 3 is 2.22 bits per heavy atom. The fourth-order valence-electron chi connectivity index (χ4n) is 2.64. The summed E-state index contributed by atoms with van der Waals surface area (Å²) < 4.78 is 13.6. The Hall–Kier alpha value is -3.58. The number of halogens is 1. The van der Waals surface area contributed by atoms with Gasteiger partial charge in [-0.05, 0) is 25.7 Å². The molecule has 0 aromatic carbocycles. The Labute approximate surface area is 182 Å². The van der Waals surface area contributed by atoms with Crippen molar-refractivity contribution in [2.45, 2.75) is 63.6 Å². The van der Waals surface area contributed by atoms with E-state index in [-0.39, 0.29) is 12.8 Å².